The van der Waals surface area contributed by atoms with Crippen LogP contribution >= 0.6 is 11.6 Å². The van der Waals surface area contributed by atoms with Crippen molar-refractivity contribution in [3.05, 3.63) is 46.2 Å². The number of hydroxylamine groups is 1. The normalized spacial score (nSPS) is 18.8. The molecule has 1 aromatic carbocycles. The first kappa shape index (κ1) is 23.9. The minimum absolute atomic E-state index is 0.0819. The fourth-order valence-corrected chi connectivity index (χ4v) is 4.12. The molecular weight excluding hydrogens is 432 g/mol. The molecule has 1 heterocycles. The Bertz CT molecular complexity index is 1020. The van der Waals surface area contributed by atoms with E-state index >= 15 is 0 Å². The molecule has 1 aromatic heterocycles. The highest BCUT2D eigenvalue weighted by Gasteiger charge is 2.42. The fourth-order valence-electron chi connectivity index (χ4n) is 3.98. The molecule has 3 rings (SSSR count). The molecule has 172 valence electrons. The molecule has 0 spiro atoms. The Balaban J connectivity index is 1.66. The first-order chi connectivity index (χ1) is 15.0. The van der Waals surface area contributed by atoms with Crippen LogP contribution in [-0.4, -0.2) is 39.5 Å². The Kier molecular flexibility index (Phi) is 7.05. The Labute approximate surface area is 192 Å². The topological polar surface area (TPSA) is 102 Å². The number of amides is 2. The molecule has 1 aliphatic rings. The van der Waals surface area contributed by atoms with Crippen molar-refractivity contribution < 1.29 is 19.2 Å². The Morgan fingerprint density at radius 2 is 1.91 bits per heavy atom. The van der Waals surface area contributed by atoms with Crippen molar-refractivity contribution in [2.24, 2.45) is 5.92 Å². The average molecular weight is 461 g/mol. The van der Waals surface area contributed by atoms with Gasteiger partial charge in [0.05, 0.1) is 22.5 Å². The summed E-state index contributed by atoms with van der Waals surface area (Å²) in [6.45, 7) is 9.51. The van der Waals surface area contributed by atoms with Crippen LogP contribution in [0.1, 0.15) is 56.2 Å². The molecular formula is C23H29ClN4O4. The van der Waals surface area contributed by atoms with Gasteiger partial charge in [0.1, 0.15) is 11.7 Å². The molecule has 0 bridgehead atoms. The number of nitrogens with zero attached hydrogens (tertiary/aromatic N) is 2. The number of aromatic nitrogens is 2. The Morgan fingerprint density at radius 1 is 1.25 bits per heavy atom. The van der Waals surface area contributed by atoms with Crippen LogP contribution in [0.2, 0.25) is 5.02 Å². The van der Waals surface area contributed by atoms with E-state index in [1.165, 1.54) is 0 Å². The van der Waals surface area contributed by atoms with Gasteiger partial charge in [-0.3, -0.25) is 14.4 Å². The first-order valence-corrected chi connectivity index (χ1v) is 10.9. The van der Waals surface area contributed by atoms with E-state index in [9.17, 15) is 14.4 Å². The van der Waals surface area contributed by atoms with E-state index in [0.29, 0.717) is 11.4 Å². The Morgan fingerprint density at radius 3 is 2.47 bits per heavy atom. The van der Waals surface area contributed by atoms with Crippen LogP contribution < -0.4 is 10.8 Å². The molecule has 8 nitrogen and oxygen atoms in total. The molecule has 2 amide bonds. The van der Waals surface area contributed by atoms with Crippen LogP contribution in [0.3, 0.4) is 0 Å². The predicted molar refractivity (Wildman–Crippen MR) is 121 cm³/mol. The first-order valence-electron chi connectivity index (χ1n) is 10.6. The zero-order chi connectivity index (χ0) is 23.6. The number of rotatable bonds is 6. The van der Waals surface area contributed by atoms with Crippen molar-refractivity contribution in [1.29, 1.82) is 0 Å². The van der Waals surface area contributed by atoms with Gasteiger partial charge in [0.2, 0.25) is 0 Å². The van der Waals surface area contributed by atoms with E-state index in [0.717, 1.165) is 22.4 Å². The van der Waals surface area contributed by atoms with Crippen LogP contribution in [-0.2, 0) is 14.4 Å². The van der Waals surface area contributed by atoms with Crippen molar-refractivity contribution in [3.63, 3.8) is 0 Å². The summed E-state index contributed by atoms with van der Waals surface area (Å²) in [6, 6.07) is 3.33. The van der Waals surface area contributed by atoms with Gasteiger partial charge in [0.25, 0.3) is 0 Å². The van der Waals surface area contributed by atoms with Crippen LogP contribution in [0, 0.1) is 19.8 Å². The van der Waals surface area contributed by atoms with Crippen LogP contribution in [0.4, 0.5) is 4.79 Å². The summed E-state index contributed by atoms with van der Waals surface area (Å²) in [5.41, 5.74) is 5.10. The van der Waals surface area contributed by atoms with E-state index in [4.69, 9.17) is 16.4 Å². The second-order valence-electron chi connectivity index (χ2n) is 9.16. The maximum absolute atomic E-state index is 13.1. The van der Waals surface area contributed by atoms with E-state index in [2.05, 4.69) is 15.9 Å². The highest BCUT2D eigenvalue weighted by Crippen LogP contribution is 2.37. The summed E-state index contributed by atoms with van der Waals surface area (Å²) in [6.07, 6.45) is 3.83. The molecule has 0 saturated heterocycles. The SMILES string of the molecule is Cc1cc(-n2cc(Cl)cn2)cc(C)c1C1C(=O)CC(CCNC(=O)NOC(C)(C)C)C1=O. The number of aryl methyl sites for hydroxylation is 2. The average Bonchev–Trinajstić information content (AvgIpc) is 3.24. The summed E-state index contributed by atoms with van der Waals surface area (Å²) in [5.74, 6) is -1.36. The number of halogens is 1. The smallest absolute Gasteiger partial charge is 0.336 e. The lowest BCUT2D eigenvalue weighted by atomic mass is 9.87. The number of hydrogen-bond acceptors (Lipinski definition) is 5. The molecule has 1 fully saturated rings. The minimum Gasteiger partial charge on any atom is -0.336 e. The lowest BCUT2D eigenvalue weighted by Gasteiger charge is -2.19. The van der Waals surface area contributed by atoms with Crippen molar-refractivity contribution >= 4 is 29.2 Å². The summed E-state index contributed by atoms with van der Waals surface area (Å²) in [7, 11) is 0. The number of Topliss-reactive ketones (excluding diaryl/α,β-unsaturated/α-hetero) is 2. The second-order valence-corrected chi connectivity index (χ2v) is 9.60. The van der Waals surface area contributed by atoms with Gasteiger partial charge in [-0.25, -0.2) is 15.0 Å². The third-order valence-corrected chi connectivity index (χ3v) is 5.56. The quantitative estimate of drug-likeness (QED) is 0.504. The van der Waals surface area contributed by atoms with E-state index in [1.54, 1.807) is 17.1 Å². The van der Waals surface area contributed by atoms with Crippen molar-refractivity contribution in [2.45, 2.75) is 59.0 Å². The third-order valence-electron chi connectivity index (χ3n) is 5.37. The van der Waals surface area contributed by atoms with Gasteiger partial charge in [-0.15, -0.1) is 0 Å². The van der Waals surface area contributed by atoms with E-state index in [1.807, 2.05) is 46.8 Å². The molecule has 1 saturated carbocycles. The predicted octanol–water partition coefficient (Wildman–Crippen LogP) is 3.80. The molecule has 0 radical (unpaired) electrons. The van der Waals surface area contributed by atoms with E-state index < -0.39 is 23.5 Å². The van der Waals surface area contributed by atoms with Gasteiger partial charge >= 0.3 is 6.03 Å². The number of carbonyl (C=O) groups excluding carboxylic acids is 3. The number of urea groups is 1. The summed E-state index contributed by atoms with van der Waals surface area (Å²) in [5, 5.41) is 7.41. The van der Waals surface area contributed by atoms with Crippen LogP contribution in [0.25, 0.3) is 5.69 Å². The maximum atomic E-state index is 13.1. The molecule has 1 aliphatic carbocycles. The summed E-state index contributed by atoms with van der Waals surface area (Å²) < 4.78 is 1.66. The van der Waals surface area contributed by atoms with E-state index in [-0.39, 0.29) is 24.5 Å². The number of nitrogens with one attached hydrogen (secondary N) is 2. The number of hydrogen-bond donors (Lipinski definition) is 2. The molecule has 2 unspecified atom stereocenters. The maximum Gasteiger partial charge on any atom is 0.338 e. The van der Waals surface area contributed by atoms with Gasteiger partial charge in [0.15, 0.2) is 5.78 Å². The highest BCUT2D eigenvalue weighted by molar-refractivity contribution is 6.30. The largest absolute Gasteiger partial charge is 0.338 e. The molecule has 2 aromatic rings. The van der Waals surface area contributed by atoms with Crippen molar-refractivity contribution in [3.8, 4) is 5.69 Å². The van der Waals surface area contributed by atoms with Gasteiger partial charge in [-0.2, -0.15) is 5.10 Å². The lowest BCUT2D eigenvalue weighted by Crippen LogP contribution is -2.41. The summed E-state index contributed by atoms with van der Waals surface area (Å²) >= 11 is 5.97. The van der Waals surface area contributed by atoms with Crippen LogP contribution in [0.5, 0.6) is 0 Å². The lowest BCUT2D eigenvalue weighted by molar-refractivity contribution is -0.124. The highest BCUT2D eigenvalue weighted by atomic mass is 35.5. The standard InChI is InChI=1S/C23H29ClN4O4/c1-13-8-17(28-12-16(24)11-26-28)9-14(2)19(13)20-18(29)10-15(21(20)30)6-7-25-22(31)27-32-23(3,4)5/h8-9,11-12,15,20H,6-7,10H2,1-5H3,(H2,25,27,31). The molecule has 2 atom stereocenters. The second kappa shape index (κ2) is 9.42. The van der Waals surface area contributed by atoms with Gasteiger partial charge in [-0.05, 0) is 69.9 Å². The fraction of sp³-hybridized carbons (Fsp3) is 0.478. The zero-order valence-corrected chi connectivity index (χ0v) is 19.7. The minimum atomic E-state index is -0.770. The van der Waals surface area contributed by atoms with Gasteiger partial charge < -0.3 is 5.32 Å². The van der Waals surface area contributed by atoms with Gasteiger partial charge in [0, 0.05) is 25.1 Å². The Hall–Kier alpha value is -2.71. The molecule has 2 N–H and O–H groups in total. The zero-order valence-electron chi connectivity index (χ0n) is 19.0. The monoisotopic (exact) mass is 460 g/mol. The molecule has 32 heavy (non-hydrogen) atoms. The molecule has 0 aliphatic heterocycles. The van der Waals surface area contributed by atoms with Crippen molar-refractivity contribution in [2.75, 3.05) is 6.54 Å². The third kappa shape index (κ3) is 5.55. The number of benzene rings is 1. The van der Waals surface area contributed by atoms with Crippen molar-refractivity contribution in [1.82, 2.24) is 20.6 Å². The van der Waals surface area contributed by atoms with Crippen LogP contribution in [0.15, 0.2) is 24.5 Å². The summed E-state index contributed by atoms with van der Waals surface area (Å²) in [4.78, 5) is 42.9. The number of carbonyl (C=O) groups is 3. The number of ketones is 2. The van der Waals surface area contributed by atoms with Gasteiger partial charge in [-0.1, -0.05) is 11.6 Å². The molecule has 9 heteroatoms.